The third kappa shape index (κ3) is 3.47. The third-order valence-electron chi connectivity index (χ3n) is 3.46. The van der Waals surface area contributed by atoms with Crippen LogP contribution in [0.15, 0.2) is 28.1 Å². The normalized spacial score (nSPS) is 12.7. The van der Waals surface area contributed by atoms with Crippen molar-refractivity contribution in [3.63, 3.8) is 0 Å². The first-order valence-electron chi connectivity index (χ1n) is 6.49. The Labute approximate surface area is 128 Å². The van der Waals surface area contributed by atoms with Crippen LogP contribution in [0.3, 0.4) is 0 Å². The van der Waals surface area contributed by atoms with Gasteiger partial charge < -0.3 is 5.32 Å². The standard InChI is InChI=1S/C16H20BrNS/c1-10-5-11(2)16(12(3)6-10)15(18-4)8-14-7-13(17)9-19-14/h5-7,9,15,18H,8H2,1-4H3. The minimum Gasteiger partial charge on any atom is -0.313 e. The van der Waals surface area contributed by atoms with Crippen molar-refractivity contribution in [2.24, 2.45) is 0 Å². The molecule has 0 saturated carbocycles. The predicted molar refractivity (Wildman–Crippen MR) is 88.2 cm³/mol. The van der Waals surface area contributed by atoms with Crippen molar-refractivity contribution in [3.05, 3.63) is 55.2 Å². The average Bonchev–Trinajstić information content (AvgIpc) is 2.72. The minimum absolute atomic E-state index is 0.381. The number of benzene rings is 1. The Morgan fingerprint density at radius 1 is 1.16 bits per heavy atom. The zero-order valence-corrected chi connectivity index (χ0v) is 14.3. The first-order chi connectivity index (χ1) is 9.01. The number of halogens is 1. The van der Waals surface area contributed by atoms with Crippen LogP contribution in [-0.4, -0.2) is 7.05 Å². The lowest BCUT2D eigenvalue weighted by Crippen LogP contribution is -2.20. The molecule has 1 aromatic carbocycles. The molecule has 3 heteroatoms. The summed E-state index contributed by atoms with van der Waals surface area (Å²) in [6, 6.07) is 7.15. The van der Waals surface area contributed by atoms with Gasteiger partial charge in [0.05, 0.1) is 0 Å². The highest BCUT2D eigenvalue weighted by atomic mass is 79.9. The van der Waals surface area contributed by atoms with Crippen LogP contribution in [0.5, 0.6) is 0 Å². The molecule has 1 atom stereocenters. The van der Waals surface area contributed by atoms with Crippen LogP contribution >= 0.6 is 27.3 Å². The van der Waals surface area contributed by atoms with E-state index in [1.165, 1.54) is 31.6 Å². The fourth-order valence-corrected chi connectivity index (χ4v) is 4.25. The summed E-state index contributed by atoms with van der Waals surface area (Å²) in [5.41, 5.74) is 5.55. The largest absolute Gasteiger partial charge is 0.313 e. The molecule has 2 rings (SSSR count). The van der Waals surface area contributed by atoms with Crippen molar-refractivity contribution in [2.45, 2.75) is 33.2 Å². The Balaban J connectivity index is 2.32. The number of nitrogens with one attached hydrogen (secondary N) is 1. The van der Waals surface area contributed by atoms with Gasteiger partial charge >= 0.3 is 0 Å². The summed E-state index contributed by atoms with van der Waals surface area (Å²) >= 11 is 5.34. The second kappa shape index (κ2) is 6.21. The Hall–Kier alpha value is -0.640. The molecule has 1 aromatic heterocycles. The van der Waals surface area contributed by atoms with Crippen molar-refractivity contribution in [3.8, 4) is 0 Å². The molecule has 2 aromatic rings. The van der Waals surface area contributed by atoms with Gasteiger partial charge in [-0.15, -0.1) is 11.3 Å². The number of thiophene rings is 1. The van der Waals surface area contributed by atoms with E-state index in [0.717, 1.165) is 6.42 Å². The van der Waals surface area contributed by atoms with Crippen LogP contribution in [0.25, 0.3) is 0 Å². The molecule has 0 amide bonds. The highest BCUT2D eigenvalue weighted by molar-refractivity contribution is 9.10. The number of likely N-dealkylation sites (N-methyl/N-ethyl adjacent to an activating group) is 1. The first kappa shape index (κ1) is 14.8. The maximum absolute atomic E-state index is 3.53. The minimum atomic E-state index is 0.381. The van der Waals surface area contributed by atoms with Gasteiger partial charge in [0, 0.05) is 27.2 Å². The summed E-state index contributed by atoms with van der Waals surface area (Å²) in [4.78, 5) is 1.41. The molecule has 0 spiro atoms. The van der Waals surface area contributed by atoms with Crippen molar-refractivity contribution in [2.75, 3.05) is 7.05 Å². The van der Waals surface area contributed by atoms with Gasteiger partial charge in [-0.05, 0) is 66.5 Å². The van der Waals surface area contributed by atoms with Crippen LogP contribution in [0, 0.1) is 20.8 Å². The molecule has 0 saturated heterocycles. The molecule has 1 N–H and O–H groups in total. The molecule has 1 nitrogen and oxygen atoms in total. The molecule has 1 heterocycles. The SMILES string of the molecule is CNC(Cc1cc(Br)cs1)c1c(C)cc(C)cc1C. The average molecular weight is 338 g/mol. The van der Waals surface area contributed by atoms with E-state index in [9.17, 15) is 0 Å². The first-order valence-corrected chi connectivity index (χ1v) is 8.16. The van der Waals surface area contributed by atoms with Crippen molar-refractivity contribution in [1.29, 1.82) is 0 Å². The van der Waals surface area contributed by atoms with E-state index in [1.807, 2.05) is 18.4 Å². The smallest absolute Gasteiger partial charge is 0.0371 e. The second-order valence-corrected chi connectivity index (χ2v) is 7.00. The van der Waals surface area contributed by atoms with Crippen LogP contribution in [0.2, 0.25) is 0 Å². The fraction of sp³-hybridized carbons (Fsp3) is 0.375. The third-order valence-corrected chi connectivity index (χ3v) is 5.18. The second-order valence-electron chi connectivity index (χ2n) is 5.09. The molecule has 0 fully saturated rings. The van der Waals surface area contributed by atoms with Gasteiger partial charge in [-0.1, -0.05) is 17.7 Å². The summed E-state index contributed by atoms with van der Waals surface area (Å²) in [7, 11) is 2.05. The van der Waals surface area contributed by atoms with Crippen molar-refractivity contribution < 1.29 is 0 Å². The number of rotatable bonds is 4. The maximum atomic E-state index is 3.53. The Kier molecular flexibility index (Phi) is 4.82. The molecular formula is C16H20BrNS. The zero-order chi connectivity index (χ0) is 14.0. The molecule has 0 radical (unpaired) electrons. The Bertz CT molecular complexity index is 551. The fourth-order valence-electron chi connectivity index (χ4n) is 2.75. The van der Waals surface area contributed by atoms with E-state index in [2.05, 4.69) is 65.6 Å². The number of hydrogen-bond acceptors (Lipinski definition) is 2. The summed E-state index contributed by atoms with van der Waals surface area (Å²) in [5.74, 6) is 0. The van der Waals surface area contributed by atoms with Gasteiger partial charge in [-0.2, -0.15) is 0 Å². The van der Waals surface area contributed by atoms with Gasteiger partial charge in [-0.3, -0.25) is 0 Å². The van der Waals surface area contributed by atoms with Crippen LogP contribution in [0.1, 0.15) is 33.2 Å². The Morgan fingerprint density at radius 2 is 1.79 bits per heavy atom. The van der Waals surface area contributed by atoms with E-state index >= 15 is 0 Å². The van der Waals surface area contributed by atoms with Crippen LogP contribution in [-0.2, 0) is 6.42 Å². The lowest BCUT2D eigenvalue weighted by molar-refractivity contribution is 0.590. The number of hydrogen-bond donors (Lipinski definition) is 1. The van der Waals surface area contributed by atoms with Gasteiger partial charge in [0.2, 0.25) is 0 Å². The van der Waals surface area contributed by atoms with Crippen molar-refractivity contribution >= 4 is 27.3 Å². The maximum Gasteiger partial charge on any atom is 0.0371 e. The van der Waals surface area contributed by atoms with Crippen LogP contribution in [0.4, 0.5) is 0 Å². The lowest BCUT2D eigenvalue weighted by Gasteiger charge is -2.21. The molecule has 0 bridgehead atoms. The molecular weight excluding hydrogens is 318 g/mol. The van der Waals surface area contributed by atoms with Gasteiger partial charge in [0.25, 0.3) is 0 Å². The van der Waals surface area contributed by atoms with E-state index in [1.54, 1.807) is 0 Å². The Morgan fingerprint density at radius 3 is 2.26 bits per heavy atom. The number of aryl methyl sites for hydroxylation is 3. The van der Waals surface area contributed by atoms with Gasteiger partial charge in [-0.25, -0.2) is 0 Å². The molecule has 0 aliphatic rings. The summed E-state index contributed by atoms with van der Waals surface area (Å²) in [6.07, 6.45) is 1.04. The summed E-state index contributed by atoms with van der Waals surface area (Å²) in [6.45, 7) is 6.59. The van der Waals surface area contributed by atoms with Gasteiger partial charge in [0.1, 0.15) is 0 Å². The molecule has 102 valence electrons. The lowest BCUT2D eigenvalue weighted by atomic mass is 9.92. The van der Waals surface area contributed by atoms with E-state index in [4.69, 9.17) is 0 Å². The zero-order valence-electron chi connectivity index (χ0n) is 11.9. The highest BCUT2D eigenvalue weighted by Crippen LogP contribution is 2.29. The summed E-state index contributed by atoms with van der Waals surface area (Å²) < 4.78 is 1.18. The molecule has 19 heavy (non-hydrogen) atoms. The van der Waals surface area contributed by atoms with E-state index in [0.29, 0.717) is 6.04 Å². The molecule has 1 unspecified atom stereocenters. The van der Waals surface area contributed by atoms with Gasteiger partial charge in [0.15, 0.2) is 0 Å². The van der Waals surface area contributed by atoms with E-state index in [-0.39, 0.29) is 0 Å². The van der Waals surface area contributed by atoms with Crippen molar-refractivity contribution in [1.82, 2.24) is 5.32 Å². The predicted octanol–water partition coefficient (Wildman–Crippen LogP) is 4.94. The topological polar surface area (TPSA) is 12.0 Å². The van der Waals surface area contributed by atoms with E-state index < -0.39 is 0 Å². The molecule has 0 aliphatic heterocycles. The quantitative estimate of drug-likeness (QED) is 0.833. The van der Waals surface area contributed by atoms with Crippen LogP contribution < -0.4 is 5.32 Å². The summed E-state index contributed by atoms with van der Waals surface area (Å²) in [5, 5.41) is 5.62. The monoisotopic (exact) mass is 337 g/mol. The highest BCUT2D eigenvalue weighted by Gasteiger charge is 2.16. The molecule has 0 aliphatic carbocycles.